The van der Waals surface area contributed by atoms with Gasteiger partial charge < -0.3 is 15.0 Å². The lowest BCUT2D eigenvalue weighted by atomic mass is 10.3. The second-order valence-corrected chi connectivity index (χ2v) is 4.50. The Kier molecular flexibility index (Phi) is 6.10. The molecule has 0 aromatic carbocycles. The minimum atomic E-state index is -0.477. The van der Waals surface area contributed by atoms with Gasteiger partial charge in [-0.2, -0.15) is 4.98 Å². The minimum Gasteiger partial charge on any atom is -0.383 e. The largest absolute Gasteiger partial charge is 0.383 e. The number of likely N-dealkylation sites (N-methyl/N-ethyl adjacent to an activating group) is 1. The van der Waals surface area contributed by atoms with Gasteiger partial charge >= 0.3 is 5.69 Å². The Morgan fingerprint density at radius 2 is 2.30 bits per heavy atom. The van der Waals surface area contributed by atoms with Crippen LogP contribution in [0, 0.1) is 10.1 Å². The molecule has 1 rings (SSSR count). The van der Waals surface area contributed by atoms with Crippen LogP contribution in [-0.4, -0.2) is 48.2 Å². The molecule has 0 saturated carbocycles. The molecule has 0 aliphatic carbocycles. The van der Waals surface area contributed by atoms with Gasteiger partial charge in [0.25, 0.3) is 0 Å². The summed E-state index contributed by atoms with van der Waals surface area (Å²) in [7, 11) is 3.34. The molecule has 1 unspecified atom stereocenters. The number of anilines is 2. The van der Waals surface area contributed by atoms with E-state index in [-0.39, 0.29) is 17.5 Å². The Bertz CT molecular complexity index is 455. The lowest BCUT2D eigenvalue weighted by molar-refractivity contribution is -0.384. The molecule has 0 radical (unpaired) electrons. The number of nitrogens with zero attached hydrogens (tertiary/aromatic N) is 4. The molecule has 0 spiro atoms. The van der Waals surface area contributed by atoms with Crippen molar-refractivity contribution in [3.05, 3.63) is 16.3 Å². The van der Waals surface area contributed by atoms with Crippen LogP contribution in [0.3, 0.4) is 0 Å². The Balaban J connectivity index is 3.07. The van der Waals surface area contributed by atoms with Gasteiger partial charge in [0.15, 0.2) is 0 Å². The number of hydrogen-bond acceptors (Lipinski definition) is 7. The van der Waals surface area contributed by atoms with Gasteiger partial charge in [-0.15, -0.1) is 0 Å². The third-order valence-electron chi connectivity index (χ3n) is 2.88. The third-order valence-corrected chi connectivity index (χ3v) is 2.88. The fourth-order valence-electron chi connectivity index (χ4n) is 1.64. The Labute approximate surface area is 118 Å². The highest BCUT2D eigenvalue weighted by Crippen LogP contribution is 2.26. The molecular formula is C12H21N5O3. The lowest BCUT2D eigenvalue weighted by Gasteiger charge is -2.25. The SMILES string of the molecule is CCCNc1ncc([N+](=O)[O-])c(N(C)C(C)COC)n1. The van der Waals surface area contributed by atoms with Crippen LogP contribution < -0.4 is 10.2 Å². The normalized spacial score (nSPS) is 12.0. The second kappa shape index (κ2) is 7.59. The zero-order valence-electron chi connectivity index (χ0n) is 12.3. The highest BCUT2D eigenvalue weighted by atomic mass is 16.6. The summed E-state index contributed by atoms with van der Waals surface area (Å²) in [4.78, 5) is 20.5. The molecule has 8 heteroatoms. The van der Waals surface area contributed by atoms with E-state index in [2.05, 4.69) is 15.3 Å². The number of methoxy groups -OCH3 is 1. The van der Waals surface area contributed by atoms with Crippen LogP contribution in [-0.2, 0) is 4.74 Å². The Morgan fingerprint density at radius 3 is 2.85 bits per heavy atom. The summed E-state index contributed by atoms with van der Waals surface area (Å²) in [5.41, 5.74) is -0.113. The molecular weight excluding hydrogens is 262 g/mol. The smallest absolute Gasteiger partial charge is 0.329 e. The summed E-state index contributed by atoms with van der Waals surface area (Å²) in [6, 6.07) is -0.0346. The minimum absolute atomic E-state index is 0.0346. The van der Waals surface area contributed by atoms with Crippen LogP contribution in [0.2, 0.25) is 0 Å². The van der Waals surface area contributed by atoms with Gasteiger partial charge in [-0.1, -0.05) is 6.92 Å². The van der Waals surface area contributed by atoms with E-state index in [1.54, 1.807) is 19.1 Å². The number of ether oxygens (including phenoxy) is 1. The molecule has 0 aliphatic heterocycles. The first-order chi connectivity index (χ1) is 9.51. The first kappa shape index (κ1) is 16.1. The molecule has 0 fully saturated rings. The van der Waals surface area contributed by atoms with Crippen molar-refractivity contribution in [1.29, 1.82) is 0 Å². The van der Waals surface area contributed by atoms with E-state index < -0.39 is 4.92 Å². The zero-order chi connectivity index (χ0) is 15.1. The van der Waals surface area contributed by atoms with Crippen molar-refractivity contribution in [2.24, 2.45) is 0 Å². The topological polar surface area (TPSA) is 93.4 Å². The first-order valence-corrected chi connectivity index (χ1v) is 6.48. The molecule has 1 heterocycles. The van der Waals surface area contributed by atoms with Crippen LogP contribution in [0.15, 0.2) is 6.20 Å². The molecule has 0 saturated heterocycles. The highest BCUT2D eigenvalue weighted by Gasteiger charge is 2.23. The molecule has 8 nitrogen and oxygen atoms in total. The van der Waals surface area contributed by atoms with Crippen molar-refractivity contribution < 1.29 is 9.66 Å². The van der Waals surface area contributed by atoms with Crippen molar-refractivity contribution in [3.63, 3.8) is 0 Å². The van der Waals surface area contributed by atoms with Gasteiger partial charge in [-0.05, 0) is 13.3 Å². The standard InChI is InChI=1S/C12H21N5O3/c1-5-6-13-12-14-7-10(17(18)19)11(15-12)16(3)9(2)8-20-4/h7,9H,5-6,8H2,1-4H3,(H,13,14,15). The number of nitro groups is 1. The maximum absolute atomic E-state index is 11.1. The van der Waals surface area contributed by atoms with Crippen molar-refractivity contribution in [2.75, 3.05) is 37.5 Å². The number of aromatic nitrogens is 2. The van der Waals surface area contributed by atoms with Gasteiger partial charge in [-0.3, -0.25) is 10.1 Å². The van der Waals surface area contributed by atoms with E-state index in [4.69, 9.17) is 4.74 Å². The fraction of sp³-hybridized carbons (Fsp3) is 0.667. The van der Waals surface area contributed by atoms with Crippen molar-refractivity contribution >= 4 is 17.5 Å². The summed E-state index contributed by atoms with van der Waals surface area (Å²) < 4.78 is 5.07. The predicted octanol–water partition coefficient (Wildman–Crippen LogP) is 1.68. The van der Waals surface area contributed by atoms with E-state index in [1.807, 2.05) is 13.8 Å². The van der Waals surface area contributed by atoms with Crippen molar-refractivity contribution in [1.82, 2.24) is 9.97 Å². The van der Waals surface area contributed by atoms with E-state index in [1.165, 1.54) is 6.20 Å². The monoisotopic (exact) mass is 283 g/mol. The van der Waals surface area contributed by atoms with E-state index in [9.17, 15) is 10.1 Å². The van der Waals surface area contributed by atoms with Gasteiger partial charge in [0, 0.05) is 20.7 Å². The summed E-state index contributed by atoms with van der Waals surface area (Å²) >= 11 is 0. The van der Waals surface area contributed by atoms with Gasteiger partial charge in [0.1, 0.15) is 6.20 Å². The average Bonchev–Trinajstić information content (AvgIpc) is 2.44. The summed E-state index contributed by atoms with van der Waals surface area (Å²) in [5, 5.41) is 14.1. The molecule has 112 valence electrons. The van der Waals surface area contributed by atoms with E-state index in [0.717, 1.165) is 6.42 Å². The molecule has 1 atom stereocenters. The second-order valence-electron chi connectivity index (χ2n) is 4.50. The van der Waals surface area contributed by atoms with Crippen LogP contribution in [0.1, 0.15) is 20.3 Å². The zero-order valence-corrected chi connectivity index (χ0v) is 12.3. The molecule has 1 aromatic heterocycles. The van der Waals surface area contributed by atoms with E-state index in [0.29, 0.717) is 19.1 Å². The maximum atomic E-state index is 11.1. The Hall–Kier alpha value is -1.96. The molecule has 20 heavy (non-hydrogen) atoms. The molecule has 0 amide bonds. The van der Waals surface area contributed by atoms with Crippen LogP contribution in [0.25, 0.3) is 0 Å². The number of hydrogen-bond donors (Lipinski definition) is 1. The van der Waals surface area contributed by atoms with Gasteiger partial charge in [0.2, 0.25) is 11.8 Å². The third kappa shape index (κ3) is 4.02. The highest BCUT2D eigenvalue weighted by molar-refractivity contribution is 5.59. The maximum Gasteiger partial charge on any atom is 0.329 e. The lowest BCUT2D eigenvalue weighted by Crippen LogP contribution is -2.34. The van der Waals surface area contributed by atoms with Gasteiger partial charge in [0.05, 0.1) is 17.6 Å². The molecule has 1 N–H and O–H groups in total. The average molecular weight is 283 g/mol. The van der Waals surface area contributed by atoms with Crippen LogP contribution >= 0.6 is 0 Å². The van der Waals surface area contributed by atoms with Crippen molar-refractivity contribution in [2.45, 2.75) is 26.3 Å². The fourth-order valence-corrected chi connectivity index (χ4v) is 1.64. The Morgan fingerprint density at radius 1 is 1.60 bits per heavy atom. The molecule has 0 aliphatic rings. The van der Waals surface area contributed by atoms with Crippen LogP contribution in [0.4, 0.5) is 17.5 Å². The molecule has 0 bridgehead atoms. The number of rotatable bonds is 8. The van der Waals surface area contributed by atoms with Crippen molar-refractivity contribution in [3.8, 4) is 0 Å². The summed E-state index contributed by atoms with van der Waals surface area (Å²) in [6.45, 7) is 5.10. The summed E-state index contributed by atoms with van der Waals surface area (Å²) in [6.07, 6.45) is 2.15. The summed E-state index contributed by atoms with van der Waals surface area (Å²) in [5.74, 6) is 0.678. The predicted molar refractivity (Wildman–Crippen MR) is 77.2 cm³/mol. The van der Waals surface area contributed by atoms with E-state index >= 15 is 0 Å². The number of nitrogens with one attached hydrogen (secondary N) is 1. The van der Waals surface area contributed by atoms with Crippen LogP contribution in [0.5, 0.6) is 0 Å². The molecule has 1 aromatic rings. The van der Waals surface area contributed by atoms with Gasteiger partial charge in [-0.25, -0.2) is 4.98 Å². The quantitative estimate of drug-likeness (QED) is 0.573. The first-order valence-electron chi connectivity index (χ1n) is 6.48.